The van der Waals surface area contributed by atoms with Crippen molar-refractivity contribution in [2.45, 2.75) is 37.9 Å². The predicted molar refractivity (Wildman–Crippen MR) is 70.3 cm³/mol. The number of amides is 1. The van der Waals surface area contributed by atoms with Crippen LogP contribution in [-0.2, 0) is 6.18 Å². The zero-order valence-corrected chi connectivity index (χ0v) is 11.4. The van der Waals surface area contributed by atoms with Gasteiger partial charge in [-0.15, -0.1) is 0 Å². The van der Waals surface area contributed by atoms with Crippen molar-refractivity contribution < 1.29 is 18.0 Å². The normalized spacial score (nSPS) is 15.7. The van der Waals surface area contributed by atoms with Gasteiger partial charge in [-0.1, -0.05) is 18.9 Å². The summed E-state index contributed by atoms with van der Waals surface area (Å²) in [6.07, 6.45) is -0.937. The molecule has 0 saturated heterocycles. The summed E-state index contributed by atoms with van der Waals surface area (Å²) in [5.41, 5.74) is -0.872. The van der Waals surface area contributed by atoms with Crippen molar-refractivity contribution in [1.29, 1.82) is 5.26 Å². The lowest BCUT2D eigenvalue weighted by Gasteiger charge is -2.26. The first kappa shape index (κ1) is 15.4. The Balaban J connectivity index is 2.26. The van der Waals surface area contributed by atoms with Gasteiger partial charge >= 0.3 is 6.18 Å². The summed E-state index contributed by atoms with van der Waals surface area (Å²) in [5.74, 6) is -0.505. The van der Waals surface area contributed by atoms with Crippen LogP contribution in [0.2, 0.25) is 0 Å². The van der Waals surface area contributed by atoms with Crippen LogP contribution in [0.25, 0.3) is 0 Å². The van der Waals surface area contributed by atoms with Crippen molar-refractivity contribution in [2.75, 3.05) is 6.54 Å². The number of hydrogen-bond acceptors (Lipinski definition) is 2. The molecule has 1 aromatic carbocycles. The molecule has 0 atom stereocenters. The number of benzene rings is 1. The van der Waals surface area contributed by atoms with E-state index in [1.807, 2.05) is 6.07 Å². The van der Waals surface area contributed by atoms with E-state index in [0.29, 0.717) is 0 Å². The lowest BCUT2D eigenvalue weighted by atomic mass is 10.1. The second-order valence-electron chi connectivity index (χ2n) is 5.11. The summed E-state index contributed by atoms with van der Waals surface area (Å²) in [6, 6.07) is 6.23. The average Bonchev–Trinajstić information content (AvgIpc) is 2.97. The SMILES string of the molecule is N#CCN(C(=O)c1cccc(C(F)(F)F)c1)C1CCCC1. The van der Waals surface area contributed by atoms with E-state index >= 15 is 0 Å². The fraction of sp³-hybridized carbons (Fsp3) is 0.467. The molecular formula is C15H15F3N2O. The van der Waals surface area contributed by atoms with E-state index in [1.54, 1.807) is 0 Å². The van der Waals surface area contributed by atoms with E-state index in [2.05, 4.69) is 0 Å². The quantitative estimate of drug-likeness (QED) is 0.800. The van der Waals surface area contributed by atoms with Gasteiger partial charge in [-0.3, -0.25) is 4.79 Å². The molecule has 1 fully saturated rings. The van der Waals surface area contributed by atoms with Crippen molar-refractivity contribution in [1.82, 2.24) is 4.90 Å². The van der Waals surface area contributed by atoms with Gasteiger partial charge in [-0.25, -0.2) is 0 Å². The number of carbonyl (C=O) groups is 1. The zero-order valence-electron chi connectivity index (χ0n) is 11.4. The highest BCUT2D eigenvalue weighted by molar-refractivity contribution is 5.94. The lowest BCUT2D eigenvalue weighted by Crippen LogP contribution is -2.39. The van der Waals surface area contributed by atoms with Gasteiger partial charge in [0.05, 0.1) is 11.6 Å². The van der Waals surface area contributed by atoms with Gasteiger partial charge in [0, 0.05) is 11.6 Å². The van der Waals surface area contributed by atoms with Crippen molar-refractivity contribution in [3.63, 3.8) is 0 Å². The maximum atomic E-state index is 12.7. The molecule has 0 N–H and O–H groups in total. The molecule has 112 valence electrons. The molecule has 1 aliphatic rings. The van der Waals surface area contributed by atoms with Gasteiger partial charge in [0.2, 0.25) is 0 Å². The summed E-state index contributed by atoms with van der Waals surface area (Å²) < 4.78 is 38.1. The number of rotatable bonds is 3. The van der Waals surface area contributed by atoms with E-state index in [0.717, 1.165) is 37.8 Å². The van der Waals surface area contributed by atoms with Crippen molar-refractivity contribution in [3.8, 4) is 6.07 Å². The Hall–Kier alpha value is -2.03. The molecule has 0 radical (unpaired) electrons. The maximum Gasteiger partial charge on any atom is 0.416 e. The van der Waals surface area contributed by atoms with E-state index < -0.39 is 17.6 Å². The van der Waals surface area contributed by atoms with Gasteiger partial charge in [0.15, 0.2) is 0 Å². The molecule has 0 aromatic heterocycles. The predicted octanol–water partition coefficient (Wildman–Crippen LogP) is 3.61. The molecule has 1 aliphatic carbocycles. The average molecular weight is 296 g/mol. The molecule has 1 saturated carbocycles. The summed E-state index contributed by atoms with van der Waals surface area (Å²) in [6.45, 7) is -0.0975. The molecule has 21 heavy (non-hydrogen) atoms. The second-order valence-corrected chi connectivity index (χ2v) is 5.11. The van der Waals surface area contributed by atoms with Gasteiger partial charge in [-0.2, -0.15) is 18.4 Å². The lowest BCUT2D eigenvalue weighted by molar-refractivity contribution is -0.137. The first-order valence-corrected chi connectivity index (χ1v) is 6.78. The van der Waals surface area contributed by atoms with Gasteiger partial charge < -0.3 is 4.90 Å². The Kier molecular flexibility index (Phi) is 4.51. The third kappa shape index (κ3) is 3.54. The largest absolute Gasteiger partial charge is 0.416 e. The third-order valence-electron chi connectivity index (χ3n) is 3.70. The Labute approximate surface area is 121 Å². The van der Waals surface area contributed by atoms with Crippen LogP contribution >= 0.6 is 0 Å². The molecule has 3 nitrogen and oxygen atoms in total. The Morgan fingerprint density at radius 3 is 2.57 bits per heavy atom. The Morgan fingerprint density at radius 2 is 2.00 bits per heavy atom. The molecule has 0 heterocycles. The summed E-state index contributed by atoms with van der Waals surface area (Å²) in [7, 11) is 0. The molecular weight excluding hydrogens is 281 g/mol. The fourth-order valence-corrected chi connectivity index (χ4v) is 2.65. The first-order chi connectivity index (χ1) is 9.93. The van der Waals surface area contributed by atoms with E-state index in [4.69, 9.17) is 5.26 Å². The minimum atomic E-state index is -4.48. The Morgan fingerprint density at radius 1 is 1.33 bits per heavy atom. The topological polar surface area (TPSA) is 44.1 Å². The van der Waals surface area contributed by atoms with E-state index in [9.17, 15) is 18.0 Å². The van der Waals surface area contributed by atoms with E-state index in [1.165, 1.54) is 17.0 Å². The Bertz CT molecular complexity index is 557. The van der Waals surface area contributed by atoms with Crippen LogP contribution in [0.4, 0.5) is 13.2 Å². The molecule has 0 spiro atoms. The minimum absolute atomic E-state index is 0.0213. The van der Waals surface area contributed by atoms with E-state index in [-0.39, 0.29) is 18.2 Å². The van der Waals surface area contributed by atoms with Crippen LogP contribution in [0.15, 0.2) is 24.3 Å². The van der Waals surface area contributed by atoms with Crippen LogP contribution in [0.5, 0.6) is 0 Å². The molecule has 2 rings (SSSR count). The molecule has 0 bridgehead atoms. The fourth-order valence-electron chi connectivity index (χ4n) is 2.65. The number of nitrogens with zero attached hydrogens (tertiary/aromatic N) is 2. The minimum Gasteiger partial charge on any atom is -0.322 e. The monoisotopic (exact) mass is 296 g/mol. The highest BCUT2D eigenvalue weighted by atomic mass is 19.4. The van der Waals surface area contributed by atoms with Crippen molar-refractivity contribution >= 4 is 5.91 Å². The molecule has 0 unspecified atom stereocenters. The highest BCUT2D eigenvalue weighted by Crippen LogP contribution is 2.30. The smallest absolute Gasteiger partial charge is 0.322 e. The first-order valence-electron chi connectivity index (χ1n) is 6.78. The van der Waals surface area contributed by atoms with Crippen LogP contribution in [-0.4, -0.2) is 23.4 Å². The standard InChI is InChI=1S/C15H15F3N2O/c16-15(17,18)12-5-3-4-11(10-12)14(21)20(9-8-19)13-6-1-2-7-13/h3-5,10,13H,1-2,6-7,9H2. The molecule has 1 aromatic rings. The van der Waals surface area contributed by atoms with Gasteiger partial charge in [0.25, 0.3) is 5.91 Å². The van der Waals surface area contributed by atoms with Crippen molar-refractivity contribution in [2.24, 2.45) is 0 Å². The second kappa shape index (κ2) is 6.17. The number of halogens is 3. The number of hydrogen-bond donors (Lipinski definition) is 0. The van der Waals surface area contributed by atoms with Crippen LogP contribution in [0, 0.1) is 11.3 Å². The van der Waals surface area contributed by atoms with Gasteiger partial charge in [0.1, 0.15) is 6.54 Å². The highest BCUT2D eigenvalue weighted by Gasteiger charge is 2.32. The molecule has 0 aliphatic heterocycles. The van der Waals surface area contributed by atoms with Crippen LogP contribution in [0.1, 0.15) is 41.6 Å². The zero-order chi connectivity index (χ0) is 15.5. The number of carbonyl (C=O) groups excluding carboxylic acids is 1. The summed E-state index contributed by atoms with van der Waals surface area (Å²) in [4.78, 5) is 13.8. The van der Waals surface area contributed by atoms with Gasteiger partial charge in [-0.05, 0) is 31.0 Å². The van der Waals surface area contributed by atoms with Crippen LogP contribution in [0.3, 0.4) is 0 Å². The maximum absolute atomic E-state index is 12.7. The third-order valence-corrected chi connectivity index (χ3v) is 3.70. The number of nitriles is 1. The summed E-state index contributed by atoms with van der Waals surface area (Å²) in [5, 5.41) is 8.85. The number of alkyl halides is 3. The molecule has 6 heteroatoms. The van der Waals surface area contributed by atoms with Crippen molar-refractivity contribution in [3.05, 3.63) is 35.4 Å². The summed E-state index contributed by atoms with van der Waals surface area (Å²) >= 11 is 0. The molecule has 1 amide bonds. The van der Waals surface area contributed by atoms with Crippen LogP contribution < -0.4 is 0 Å².